The van der Waals surface area contributed by atoms with E-state index in [9.17, 15) is 4.79 Å². The second kappa shape index (κ2) is 5.37. The van der Waals surface area contributed by atoms with Gasteiger partial charge in [0.15, 0.2) is 0 Å². The van der Waals surface area contributed by atoms with Gasteiger partial charge >= 0.3 is 0 Å². The molecule has 0 saturated carbocycles. The monoisotopic (exact) mass is 376 g/mol. The molecule has 0 aliphatic heterocycles. The largest absolute Gasteiger partial charge is 0.357 e. The first kappa shape index (κ1) is 12.9. The Hall–Kier alpha value is -0.590. The highest BCUT2D eigenvalue weighted by atomic mass is 79.9. The zero-order valence-electron chi connectivity index (χ0n) is 9.04. The van der Waals surface area contributed by atoms with Gasteiger partial charge in [0.05, 0.1) is 8.66 Å². The summed E-state index contributed by atoms with van der Waals surface area (Å²) in [7, 11) is 1.96. The van der Waals surface area contributed by atoms with Crippen LogP contribution in [0.25, 0.3) is 0 Å². The first-order chi connectivity index (χ1) is 8.06. The molecule has 17 heavy (non-hydrogen) atoms. The molecule has 2 heterocycles. The van der Waals surface area contributed by atoms with E-state index in [1.807, 2.05) is 36.1 Å². The summed E-state index contributed by atoms with van der Waals surface area (Å²) in [5, 5.41) is 2.89. The summed E-state index contributed by atoms with van der Waals surface area (Å²) in [6, 6.07) is 3.80. The lowest BCUT2D eigenvalue weighted by Crippen LogP contribution is -2.21. The van der Waals surface area contributed by atoms with Crippen molar-refractivity contribution in [1.29, 1.82) is 0 Å². The number of aryl methyl sites for hydroxylation is 1. The molecule has 0 aliphatic carbocycles. The summed E-state index contributed by atoms with van der Waals surface area (Å²) in [5.41, 5.74) is 1.09. The van der Waals surface area contributed by atoms with Crippen LogP contribution in [0, 0.1) is 0 Å². The number of nitrogens with zero attached hydrogens (tertiary/aromatic N) is 1. The molecule has 90 valence electrons. The molecule has 1 N–H and O–H groups in total. The van der Waals surface area contributed by atoms with Crippen LogP contribution in [-0.2, 0) is 13.6 Å². The van der Waals surface area contributed by atoms with E-state index < -0.39 is 0 Å². The maximum absolute atomic E-state index is 11.8. The minimum absolute atomic E-state index is 0.0507. The van der Waals surface area contributed by atoms with Crippen molar-refractivity contribution < 1.29 is 4.79 Å². The number of carbonyl (C=O) groups excluding carboxylic acids is 1. The van der Waals surface area contributed by atoms with Gasteiger partial charge < -0.3 is 9.88 Å². The lowest BCUT2D eigenvalue weighted by molar-refractivity contribution is 0.0955. The highest BCUT2D eigenvalue weighted by Crippen LogP contribution is 2.32. The minimum Gasteiger partial charge on any atom is -0.357 e. The summed E-state index contributed by atoms with van der Waals surface area (Å²) in [5.74, 6) is -0.0507. The number of nitrogens with one attached hydrogen (secondary N) is 1. The number of rotatable bonds is 3. The Morgan fingerprint density at radius 2 is 2.29 bits per heavy atom. The molecule has 0 atom stereocenters. The third-order valence-corrected chi connectivity index (χ3v) is 5.47. The Balaban J connectivity index is 1.98. The predicted octanol–water partition coefficient (Wildman–Crippen LogP) is 3.54. The van der Waals surface area contributed by atoms with Crippen LogP contribution in [0.1, 0.15) is 15.2 Å². The van der Waals surface area contributed by atoms with Gasteiger partial charge in [-0.25, -0.2) is 0 Å². The van der Waals surface area contributed by atoms with Crippen molar-refractivity contribution >= 4 is 49.1 Å². The first-order valence-electron chi connectivity index (χ1n) is 4.90. The Morgan fingerprint density at radius 3 is 2.82 bits per heavy atom. The van der Waals surface area contributed by atoms with E-state index in [-0.39, 0.29) is 5.91 Å². The van der Waals surface area contributed by atoms with Crippen molar-refractivity contribution in [2.75, 3.05) is 0 Å². The second-order valence-electron chi connectivity index (χ2n) is 3.60. The van der Waals surface area contributed by atoms with Gasteiger partial charge in [-0.05, 0) is 49.6 Å². The molecule has 0 aromatic carbocycles. The third-order valence-electron chi connectivity index (χ3n) is 2.22. The molecule has 2 rings (SSSR count). The Kier molecular flexibility index (Phi) is 4.06. The van der Waals surface area contributed by atoms with Crippen LogP contribution in [0.15, 0.2) is 32.8 Å². The molecule has 2 aromatic heterocycles. The molecular formula is C11H10Br2N2OS. The van der Waals surface area contributed by atoms with E-state index in [4.69, 9.17) is 0 Å². The maximum Gasteiger partial charge on any atom is 0.261 e. The standard InChI is InChI=1S/C11H10Br2N2OS/c1-15-3-2-7(6-15)5-14-11(16)9-4-8(12)10(13)17-9/h2-4,6H,5H2,1H3,(H,14,16). The van der Waals surface area contributed by atoms with Crippen LogP contribution < -0.4 is 5.32 Å². The molecular weight excluding hydrogens is 368 g/mol. The van der Waals surface area contributed by atoms with Crippen molar-refractivity contribution in [2.45, 2.75) is 6.54 Å². The smallest absolute Gasteiger partial charge is 0.261 e. The molecule has 0 unspecified atom stereocenters. The zero-order valence-corrected chi connectivity index (χ0v) is 13.0. The van der Waals surface area contributed by atoms with Gasteiger partial charge in [-0.1, -0.05) is 0 Å². The SMILES string of the molecule is Cn1ccc(CNC(=O)c2cc(Br)c(Br)s2)c1. The van der Waals surface area contributed by atoms with Crippen molar-refractivity contribution in [3.8, 4) is 0 Å². The second-order valence-corrected chi connectivity index (χ2v) is 6.82. The number of hydrogen-bond donors (Lipinski definition) is 1. The highest BCUT2D eigenvalue weighted by molar-refractivity contribution is 9.13. The van der Waals surface area contributed by atoms with E-state index in [0.717, 1.165) is 13.8 Å². The Labute approximate surface area is 120 Å². The Morgan fingerprint density at radius 1 is 1.53 bits per heavy atom. The first-order valence-corrected chi connectivity index (χ1v) is 7.30. The quantitative estimate of drug-likeness (QED) is 0.871. The van der Waals surface area contributed by atoms with Crippen LogP contribution in [0.3, 0.4) is 0 Å². The molecule has 1 amide bonds. The fourth-order valence-corrected chi connectivity index (χ4v) is 3.35. The number of amides is 1. The molecule has 0 bridgehead atoms. The average molecular weight is 378 g/mol. The lowest BCUT2D eigenvalue weighted by atomic mass is 10.3. The molecule has 0 saturated heterocycles. The van der Waals surface area contributed by atoms with Gasteiger partial charge in [-0.15, -0.1) is 11.3 Å². The van der Waals surface area contributed by atoms with Gasteiger partial charge in [0.1, 0.15) is 0 Å². The number of carbonyl (C=O) groups is 1. The Bertz CT molecular complexity index is 528. The summed E-state index contributed by atoms with van der Waals surface area (Å²) in [4.78, 5) is 12.5. The number of aromatic nitrogens is 1. The van der Waals surface area contributed by atoms with Gasteiger partial charge in [0.2, 0.25) is 0 Å². The van der Waals surface area contributed by atoms with Crippen LogP contribution in [-0.4, -0.2) is 10.5 Å². The molecule has 0 spiro atoms. The summed E-state index contributed by atoms with van der Waals surface area (Å²) < 4.78 is 3.80. The molecule has 0 fully saturated rings. The van der Waals surface area contributed by atoms with E-state index >= 15 is 0 Å². The number of hydrogen-bond acceptors (Lipinski definition) is 2. The van der Waals surface area contributed by atoms with Crippen LogP contribution in [0.2, 0.25) is 0 Å². The van der Waals surface area contributed by atoms with Crippen molar-refractivity contribution in [2.24, 2.45) is 7.05 Å². The van der Waals surface area contributed by atoms with E-state index in [1.165, 1.54) is 11.3 Å². The topological polar surface area (TPSA) is 34.0 Å². The van der Waals surface area contributed by atoms with E-state index in [0.29, 0.717) is 11.4 Å². The van der Waals surface area contributed by atoms with Gasteiger partial charge in [0, 0.05) is 30.5 Å². The minimum atomic E-state index is -0.0507. The summed E-state index contributed by atoms with van der Waals surface area (Å²) >= 11 is 8.15. The zero-order chi connectivity index (χ0) is 12.4. The molecule has 0 aliphatic rings. The van der Waals surface area contributed by atoms with Crippen molar-refractivity contribution in [1.82, 2.24) is 9.88 Å². The molecule has 3 nitrogen and oxygen atoms in total. The number of thiophene rings is 1. The van der Waals surface area contributed by atoms with Gasteiger partial charge in [0.25, 0.3) is 5.91 Å². The van der Waals surface area contributed by atoms with Crippen LogP contribution >= 0.6 is 43.2 Å². The molecule has 0 radical (unpaired) electrons. The maximum atomic E-state index is 11.8. The normalized spacial score (nSPS) is 10.5. The van der Waals surface area contributed by atoms with Crippen molar-refractivity contribution in [3.05, 3.63) is 43.2 Å². The lowest BCUT2D eigenvalue weighted by Gasteiger charge is -2.00. The molecule has 2 aromatic rings. The molecule has 6 heteroatoms. The fraction of sp³-hybridized carbons (Fsp3) is 0.182. The van der Waals surface area contributed by atoms with Gasteiger partial charge in [-0.2, -0.15) is 0 Å². The van der Waals surface area contributed by atoms with Gasteiger partial charge in [-0.3, -0.25) is 4.79 Å². The van der Waals surface area contributed by atoms with E-state index in [1.54, 1.807) is 0 Å². The van der Waals surface area contributed by atoms with E-state index in [2.05, 4.69) is 37.2 Å². The van der Waals surface area contributed by atoms with Crippen LogP contribution in [0.5, 0.6) is 0 Å². The van der Waals surface area contributed by atoms with Crippen LogP contribution in [0.4, 0.5) is 0 Å². The average Bonchev–Trinajstić information content (AvgIpc) is 2.83. The highest BCUT2D eigenvalue weighted by Gasteiger charge is 2.11. The predicted molar refractivity (Wildman–Crippen MR) is 76.3 cm³/mol. The summed E-state index contributed by atoms with van der Waals surface area (Å²) in [6.45, 7) is 0.548. The number of halogens is 2. The fourth-order valence-electron chi connectivity index (χ4n) is 1.39. The van der Waals surface area contributed by atoms with Crippen molar-refractivity contribution in [3.63, 3.8) is 0 Å². The summed E-state index contributed by atoms with van der Waals surface area (Å²) in [6.07, 6.45) is 3.94. The third kappa shape index (κ3) is 3.20.